The Morgan fingerprint density at radius 2 is 1.78 bits per heavy atom. The van der Waals surface area contributed by atoms with Crippen LogP contribution in [-0.4, -0.2) is 35.1 Å². The quantitative estimate of drug-likeness (QED) is 0.429. The minimum atomic E-state index is -0.625. The van der Waals surface area contributed by atoms with Gasteiger partial charge in [0.05, 0.1) is 28.5 Å². The van der Waals surface area contributed by atoms with Crippen molar-refractivity contribution in [2.24, 2.45) is 4.99 Å². The van der Waals surface area contributed by atoms with Crippen LogP contribution >= 0.6 is 34.5 Å². The van der Waals surface area contributed by atoms with Gasteiger partial charge < -0.3 is 9.64 Å². The van der Waals surface area contributed by atoms with E-state index in [1.807, 2.05) is 39.8 Å². The van der Waals surface area contributed by atoms with E-state index >= 15 is 0 Å². The Morgan fingerprint density at radius 1 is 1.11 bits per heavy atom. The molecule has 36 heavy (non-hydrogen) atoms. The fourth-order valence-electron chi connectivity index (χ4n) is 4.30. The van der Waals surface area contributed by atoms with Crippen molar-refractivity contribution in [3.63, 3.8) is 0 Å². The molecule has 4 rings (SSSR count). The lowest BCUT2D eigenvalue weighted by molar-refractivity contribution is -0.127. The minimum absolute atomic E-state index is 0.135. The smallest absolute Gasteiger partial charge is 0.271 e. The van der Waals surface area contributed by atoms with E-state index in [0.717, 1.165) is 5.56 Å². The van der Waals surface area contributed by atoms with Gasteiger partial charge in [-0.3, -0.25) is 14.2 Å². The maximum Gasteiger partial charge on any atom is 0.271 e. The third-order valence-electron chi connectivity index (χ3n) is 6.05. The number of hydrogen-bond acceptors (Lipinski definition) is 5. The Labute approximate surface area is 223 Å². The average Bonchev–Trinajstić information content (AvgIpc) is 3.15. The second kappa shape index (κ2) is 11.0. The number of carbonyl (C=O) groups is 1. The zero-order valence-corrected chi connectivity index (χ0v) is 22.9. The van der Waals surface area contributed by atoms with Crippen LogP contribution in [0, 0.1) is 0 Å². The van der Waals surface area contributed by atoms with E-state index in [1.165, 1.54) is 11.3 Å². The number of amides is 1. The first-order valence-corrected chi connectivity index (χ1v) is 13.4. The summed E-state index contributed by atoms with van der Waals surface area (Å²) in [5.41, 5.74) is 2.33. The number of benzene rings is 2. The van der Waals surface area contributed by atoms with Gasteiger partial charge in [-0.2, -0.15) is 0 Å². The lowest BCUT2D eigenvalue weighted by Crippen LogP contribution is -2.43. The molecule has 0 bridgehead atoms. The summed E-state index contributed by atoms with van der Waals surface area (Å²) in [5, 5.41) is 1.12. The molecule has 0 radical (unpaired) electrons. The molecular weight excluding hydrogens is 517 g/mol. The SMILES string of the molecule is CCOc1ccc(Cl)cc1/C=c1/sc2n(c1=O)[C@@H](c1ccc(Cl)cc1)C(C(=O)N(CC)CC)=C(C)N=2. The molecule has 1 atom stereocenters. The molecule has 2 heterocycles. The molecule has 1 aliphatic heterocycles. The second-order valence-electron chi connectivity index (χ2n) is 8.23. The average molecular weight is 545 g/mol. The summed E-state index contributed by atoms with van der Waals surface area (Å²) in [6, 6.07) is 11.9. The first-order valence-electron chi connectivity index (χ1n) is 11.8. The van der Waals surface area contributed by atoms with Crippen LogP contribution in [0.15, 0.2) is 63.5 Å². The van der Waals surface area contributed by atoms with Gasteiger partial charge in [-0.15, -0.1) is 0 Å². The van der Waals surface area contributed by atoms with E-state index in [9.17, 15) is 9.59 Å². The molecule has 0 saturated carbocycles. The van der Waals surface area contributed by atoms with E-state index in [4.69, 9.17) is 32.9 Å². The third kappa shape index (κ3) is 5.01. The summed E-state index contributed by atoms with van der Waals surface area (Å²) >= 11 is 13.7. The Balaban J connectivity index is 1.96. The van der Waals surface area contributed by atoms with Crippen LogP contribution in [-0.2, 0) is 4.79 Å². The Hall–Kier alpha value is -2.87. The number of rotatable bonds is 7. The molecule has 1 aliphatic rings. The number of ether oxygens (including phenoxy) is 1. The van der Waals surface area contributed by atoms with Gasteiger partial charge >= 0.3 is 0 Å². The van der Waals surface area contributed by atoms with Gasteiger partial charge in [-0.1, -0.05) is 46.7 Å². The fourth-order valence-corrected chi connectivity index (χ4v) is 5.64. The molecule has 0 N–H and O–H groups in total. The monoisotopic (exact) mass is 543 g/mol. The van der Waals surface area contributed by atoms with E-state index in [-0.39, 0.29) is 11.5 Å². The van der Waals surface area contributed by atoms with Gasteiger partial charge in [-0.05, 0) is 69.7 Å². The van der Waals surface area contributed by atoms with Crippen molar-refractivity contribution in [3.05, 3.63) is 94.6 Å². The predicted octanol–water partition coefficient (Wildman–Crippen LogP) is 4.81. The highest BCUT2D eigenvalue weighted by molar-refractivity contribution is 7.07. The normalized spacial score (nSPS) is 15.5. The van der Waals surface area contributed by atoms with Gasteiger partial charge in [0.15, 0.2) is 4.80 Å². The van der Waals surface area contributed by atoms with Gasteiger partial charge in [0.2, 0.25) is 0 Å². The van der Waals surface area contributed by atoms with Crippen LogP contribution in [0.4, 0.5) is 0 Å². The maximum atomic E-state index is 13.8. The molecule has 0 fully saturated rings. The number of nitrogens with zero attached hydrogens (tertiary/aromatic N) is 3. The zero-order chi connectivity index (χ0) is 26.0. The van der Waals surface area contributed by atoms with Gasteiger partial charge in [0.25, 0.3) is 11.5 Å². The highest BCUT2D eigenvalue weighted by atomic mass is 35.5. The molecule has 188 valence electrons. The van der Waals surface area contributed by atoms with Crippen LogP contribution < -0.4 is 19.6 Å². The van der Waals surface area contributed by atoms with Crippen LogP contribution in [0.1, 0.15) is 44.9 Å². The number of fused-ring (bicyclic) bond motifs is 1. The lowest BCUT2D eigenvalue weighted by Gasteiger charge is -2.29. The highest BCUT2D eigenvalue weighted by Crippen LogP contribution is 2.32. The lowest BCUT2D eigenvalue weighted by atomic mass is 9.94. The van der Waals surface area contributed by atoms with Crippen molar-refractivity contribution in [1.29, 1.82) is 0 Å². The van der Waals surface area contributed by atoms with Gasteiger partial charge in [0.1, 0.15) is 5.75 Å². The summed E-state index contributed by atoms with van der Waals surface area (Å²) in [6.07, 6.45) is 1.77. The van der Waals surface area contributed by atoms with Crippen LogP contribution in [0.25, 0.3) is 6.08 Å². The molecule has 6 nitrogen and oxygen atoms in total. The molecule has 0 spiro atoms. The number of allylic oxidation sites excluding steroid dienone is 1. The predicted molar refractivity (Wildman–Crippen MR) is 146 cm³/mol. The summed E-state index contributed by atoms with van der Waals surface area (Å²) in [6.45, 7) is 9.18. The highest BCUT2D eigenvalue weighted by Gasteiger charge is 2.34. The second-order valence-corrected chi connectivity index (χ2v) is 10.1. The summed E-state index contributed by atoms with van der Waals surface area (Å²) in [5.74, 6) is 0.500. The minimum Gasteiger partial charge on any atom is -0.493 e. The molecule has 9 heteroatoms. The first kappa shape index (κ1) is 26.2. The standard InChI is InChI=1S/C27H27Cl2N3O3S/c1-5-31(6-2)26(34)23-16(4)30-27-32(24(23)17-8-10-19(28)11-9-17)25(33)22(36-27)15-18-14-20(29)12-13-21(18)35-7-3/h8-15,24H,5-7H2,1-4H3/b22-15+/t24-/m0/s1. The molecule has 0 unspecified atom stereocenters. The molecule has 0 aliphatic carbocycles. The van der Waals surface area contributed by atoms with Gasteiger partial charge in [0, 0.05) is 28.7 Å². The van der Waals surface area contributed by atoms with Crippen LogP contribution in [0.5, 0.6) is 5.75 Å². The summed E-state index contributed by atoms with van der Waals surface area (Å²) in [4.78, 5) is 34.4. The summed E-state index contributed by atoms with van der Waals surface area (Å²) in [7, 11) is 0. The van der Waals surface area contributed by atoms with Crippen molar-refractivity contribution < 1.29 is 9.53 Å². The Kier molecular flexibility index (Phi) is 8.03. The molecular formula is C27H27Cl2N3O3S. The van der Waals surface area contributed by atoms with E-state index < -0.39 is 6.04 Å². The largest absolute Gasteiger partial charge is 0.493 e. The van der Waals surface area contributed by atoms with Crippen molar-refractivity contribution in [2.45, 2.75) is 33.7 Å². The van der Waals surface area contributed by atoms with Crippen molar-refractivity contribution in [1.82, 2.24) is 9.47 Å². The number of carbonyl (C=O) groups excluding carboxylic acids is 1. The topological polar surface area (TPSA) is 63.9 Å². The fraction of sp³-hybridized carbons (Fsp3) is 0.296. The maximum absolute atomic E-state index is 13.8. The zero-order valence-electron chi connectivity index (χ0n) is 20.5. The van der Waals surface area contributed by atoms with Gasteiger partial charge in [-0.25, -0.2) is 4.99 Å². The molecule has 1 amide bonds. The van der Waals surface area contributed by atoms with E-state index in [1.54, 1.807) is 45.9 Å². The molecule has 2 aromatic carbocycles. The molecule has 1 aromatic heterocycles. The number of halogens is 2. The van der Waals surface area contributed by atoms with Crippen molar-refractivity contribution in [2.75, 3.05) is 19.7 Å². The molecule has 0 saturated heterocycles. The first-order chi connectivity index (χ1) is 17.3. The number of hydrogen-bond donors (Lipinski definition) is 0. The number of aromatic nitrogens is 1. The van der Waals surface area contributed by atoms with E-state index in [0.29, 0.717) is 61.7 Å². The number of thiazole rings is 1. The van der Waals surface area contributed by atoms with E-state index in [2.05, 4.69) is 0 Å². The number of likely N-dealkylation sites (N-methyl/N-ethyl adjacent to an activating group) is 1. The molecule has 3 aromatic rings. The Bertz CT molecular complexity index is 1500. The van der Waals surface area contributed by atoms with Crippen LogP contribution in [0.2, 0.25) is 10.0 Å². The van der Waals surface area contributed by atoms with Crippen LogP contribution in [0.3, 0.4) is 0 Å². The third-order valence-corrected chi connectivity index (χ3v) is 7.52. The summed E-state index contributed by atoms with van der Waals surface area (Å²) < 4.78 is 7.81. The van der Waals surface area contributed by atoms with Crippen molar-refractivity contribution >= 4 is 46.5 Å². The Morgan fingerprint density at radius 3 is 2.42 bits per heavy atom. The van der Waals surface area contributed by atoms with Crippen molar-refractivity contribution in [3.8, 4) is 5.75 Å².